The van der Waals surface area contributed by atoms with Crippen molar-refractivity contribution in [1.29, 1.82) is 0 Å². The molecule has 0 bridgehead atoms. The van der Waals surface area contributed by atoms with Crippen molar-refractivity contribution in [2.75, 3.05) is 6.54 Å². The van der Waals surface area contributed by atoms with Gasteiger partial charge in [-0.2, -0.15) is 4.31 Å². The van der Waals surface area contributed by atoms with Crippen LogP contribution in [0.1, 0.15) is 54.9 Å². The molecule has 2 fully saturated rings. The van der Waals surface area contributed by atoms with Crippen LogP contribution in [0.2, 0.25) is 0 Å². The van der Waals surface area contributed by atoms with Crippen LogP contribution in [0, 0.1) is 0 Å². The Morgan fingerprint density at radius 1 is 1.00 bits per heavy atom. The number of hydrogen-bond acceptors (Lipinski definition) is 4. The van der Waals surface area contributed by atoms with Crippen LogP contribution in [0.15, 0.2) is 59.5 Å². The van der Waals surface area contributed by atoms with Crippen molar-refractivity contribution >= 4 is 21.8 Å². The normalized spacial score (nSPS) is 20.1. The lowest BCUT2D eigenvalue weighted by molar-refractivity contribution is -0.123. The van der Waals surface area contributed by atoms with Crippen LogP contribution < -0.4 is 10.6 Å². The molecule has 2 atom stereocenters. The van der Waals surface area contributed by atoms with Gasteiger partial charge in [0.05, 0.1) is 4.90 Å². The number of amides is 2. The van der Waals surface area contributed by atoms with Crippen molar-refractivity contribution < 1.29 is 18.0 Å². The summed E-state index contributed by atoms with van der Waals surface area (Å²) in [6.45, 7) is 2.45. The van der Waals surface area contributed by atoms with E-state index in [0.29, 0.717) is 18.5 Å². The smallest absolute Gasteiger partial charge is 0.251 e. The Morgan fingerprint density at radius 3 is 2.33 bits per heavy atom. The molecule has 4 rings (SSSR count). The first kappa shape index (κ1) is 23.4. The summed E-state index contributed by atoms with van der Waals surface area (Å²) >= 11 is 0. The topological polar surface area (TPSA) is 95.6 Å². The van der Waals surface area contributed by atoms with Gasteiger partial charge in [0, 0.05) is 30.6 Å². The van der Waals surface area contributed by atoms with Crippen LogP contribution >= 0.6 is 0 Å². The van der Waals surface area contributed by atoms with Gasteiger partial charge < -0.3 is 10.6 Å². The van der Waals surface area contributed by atoms with Crippen molar-refractivity contribution in [3.8, 4) is 0 Å². The zero-order chi connectivity index (χ0) is 23.4. The minimum atomic E-state index is -3.60. The molecule has 0 radical (unpaired) electrons. The predicted molar refractivity (Wildman–Crippen MR) is 126 cm³/mol. The molecule has 33 heavy (non-hydrogen) atoms. The lowest BCUT2D eigenvalue weighted by Crippen LogP contribution is -2.48. The second kappa shape index (κ2) is 10.1. The Bertz CT molecular complexity index is 1080. The molecule has 0 aromatic heterocycles. The van der Waals surface area contributed by atoms with Gasteiger partial charge in [-0.1, -0.05) is 36.8 Å². The second-order valence-electron chi connectivity index (χ2n) is 8.98. The number of hydrogen-bond donors (Lipinski definition) is 2. The van der Waals surface area contributed by atoms with Crippen LogP contribution in [0.25, 0.3) is 0 Å². The van der Waals surface area contributed by atoms with Gasteiger partial charge in [0.15, 0.2) is 0 Å². The maximum atomic E-state index is 13.0. The highest BCUT2D eigenvalue weighted by atomic mass is 32.2. The van der Waals surface area contributed by atoms with Gasteiger partial charge in [0.1, 0.15) is 6.04 Å². The summed E-state index contributed by atoms with van der Waals surface area (Å²) in [7, 11) is -3.60. The SMILES string of the molecule is CC1CCCCN1S(=O)(=O)c1ccc(C(=O)NC(Cc2ccccc2)C(=O)NC2CC2)cc1. The van der Waals surface area contributed by atoms with Gasteiger partial charge in [-0.15, -0.1) is 0 Å². The number of nitrogens with one attached hydrogen (secondary N) is 2. The molecule has 1 heterocycles. The molecule has 176 valence electrons. The minimum absolute atomic E-state index is 0.0320. The van der Waals surface area contributed by atoms with Crippen molar-refractivity contribution in [2.24, 2.45) is 0 Å². The summed E-state index contributed by atoms with van der Waals surface area (Å²) in [5.41, 5.74) is 1.27. The van der Waals surface area contributed by atoms with Crippen molar-refractivity contribution in [3.63, 3.8) is 0 Å². The molecule has 7 nitrogen and oxygen atoms in total. The van der Waals surface area contributed by atoms with Crippen LogP contribution in [0.4, 0.5) is 0 Å². The number of sulfonamides is 1. The van der Waals surface area contributed by atoms with E-state index in [1.54, 1.807) is 4.31 Å². The molecule has 2 aromatic rings. The molecule has 2 aromatic carbocycles. The summed E-state index contributed by atoms with van der Waals surface area (Å²) in [6, 6.07) is 15.0. The van der Waals surface area contributed by atoms with E-state index in [1.165, 1.54) is 24.3 Å². The van der Waals surface area contributed by atoms with Gasteiger partial charge in [0.2, 0.25) is 15.9 Å². The van der Waals surface area contributed by atoms with E-state index in [2.05, 4.69) is 10.6 Å². The highest BCUT2D eigenvalue weighted by Gasteiger charge is 2.31. The fourth-order valence-electron chi connectivity index (χ4n) is 4.17. The lowest BCUT2D eigenvalue weighted by Gasteiger charge is -2.32. The van der Waals surface area contributed by atoms with E-state index in [0.717, 1.165) is 37.7 Å². The molecule has 1 aliphatic carbocycles. The average Bonchev–Trinajstić information content (AvgIpc) is 3.63. The molecule has 2 unspecified atom stereocenters. The zero-order valence-electron chi connectivity index (χ0n) is 18.9. The summed E-state index contributed by atoms with van der Waals surface area (Å²) in [6.07, 6.45) is 5.04. The third-order valence-electron chi connectivity index (χ3n) is 6.29. The largest absolute Gasteiger partial charge is 0.352 e. The van der Waals surface area contributed by atoms with E-state index < -0.39 is 22.0 Å². The van der Waals surface area contributed by atoms with Crippen LogP contribution in [-0.4, -0.2) is 49.2 Å². The molecule has 1 saturated heterocycles. The van der Waals surface area contributed by atoms with Crippen LogP contribution in [-0.2, 0) is 21.2 Å². The minimum Gasteiger partial charge on any atom is -0.352 e. The van der Waals surface area contributed by atoms with Crippen LogP contribution in [0.3, 0.4) is 0 Å². The first-order valence-corrected chi connectivity index (χ1v) is 13.1. The van der Waals surface area contributed by atoms with Gasteiger partial charge in [-0.3, -0.25) is 9.59 Å². The molecule has 2 amide bonds. The molecule has 8 heteroatoms. The fourth-order valence-corrected chi connectivity index (χ4v) is 5.87. The van der Waals surface area contributed by atoms with Crippen molar-refractivity contribution in [1.82, 2.24) is 14.9 Å². The Morgan fingerprint density at radius 2 is 1.70 bits per heavy atom. The molecule has 1 saturated carbocycles. The van der Waals surface area contributed by atoms with E-state index in [9.17, 15) is 18.0 Å². The quantitative estimate of drug-likeness (QED) is 0.621. The summed E-state index contributed by atoms with van der Waals surface area (Å²) in [5.74, 6) is -0.606. The third kappa shape index (κ3) is 5.81. The summed E-state index contributed by atoms with van der Waals surface area (Å²) < 4.78 is 27.6. The summed E-state index contributed by atoms with van der Waals surface area (Å²) in [4.78, 5) is 25.8. The maximum Gasteiger partial charge on any atom is 0.251 e. The van der Waals surface area contributed by atoms with E-state index in [1.807, 2.05) is 37.3 Å². The Labute approximate surface area is 195 Å². The van der Waals surface area contributed by atoms with E-state index in [4.69, 9.17) is 0 Å². The molecular formula is C25H31N3O4S. The maximum absolute atomic E-state index is 13.0. The van der Waals surface area contributed by atoms with Gasteiger partial charge >= 0.3 is 0 Å². The van der Waals surface area contributed by atoms with Crippen molar-refractivity contribution in [2.45, 2.75) is 68.5 Å². The number of carbonyl (C=O) groups excluding carboxylic acids is 2. The predicted octanol–water partition coefficient (Wildman–Crippen LogP) is 2.87. The third-order valence-corrected chi connectivity index (χ3v) is 8.32. The van der Waals surface area contributed by atoms with Gasteiger partial charge in [-0.05, 0) is 62.4 Å². The zero-order valence-corrected chi connectivity index (χ0v) is 19.7. The number of benzene rings is 2. The van der Waals surface area contributed by atoms with Crippen molar-refractivity contribution in [3.05, 3.63) is 65.7 Å². The summed E-state index contributed by atoms with van der Waals surface area (Å²) in [5, 5.41) is 5.79. The molecule has 1 aliphatic heterocycles. The fraction of sp³-hybridized carbons (Fsp3) is 0.440. The molecule has 2 N–H and O–H groups in total. The number of piperidine rings is 1. The average molecular weight is 470 g/mol. The Hall–Kier alpha value is -2.71. The number of rotatable bonds is 8. The Balaban J connectivity index is 1.47. The Kier molecular flexibility index (Phi) is 7.14. The van der Waals surface area contributed by atoms with Gasteiger partial charge in [-0.25, -0.2) is 8.42 Å². The number of carbonyl (C=O) groups is 2. The van der Waals surface area contributed by atoms with Gasteiger partial charge in [0.25, 0.3) is 5.91 Å². The first-order chi connectivity index (χ1) is 15.8. The second-order valence-corrected chi connectivity index (χ2v) is 10.9. The van der Waals surface area contributed by atoms with E-state index >= 15 is 0 Å². The standard InChI is InChI=1S/C25H31N3O4S/c1-18-7-5-6-16-28(18)33(31,32)22-14-10-20(11-15-22)24(29)27-23(25(30)26-21-12-13-21)17-19-8-3-2-4-9-19/h2-4,8-11,14-15,18,21,23H,5-7,12-13,16-17H2,1H3,(H,26,30)(H,27,29). The highest BCUT2D eigenvalue weighted by molar-refractivity contribution is 7.89. The van der Waals surface area contributed by atoms with E-state index in [-0.39, 0.29) is 22.9 Å². The molecule has 0 spiro atoms. The monoisotopic (exact) mass is 469 g/mol. The number of nitrogens with zero attached hydrogens (tertiary/aromatic N) is 1. The molecular weight excluding hydrogens is 438 g/mol. The molecule has 2 aliphatic rings. The lowest BCUT2D eigenvalue weighted by atomic mass is 10.0. The highest BCUT2D eigenvalue weighted by Crippen LogP contribution is 2.25. The first-order valence-electron chi connectivity index (χ1n) is 11.6. The van der Waals surface area contributed by atoms with Crippen LogP contribution in [0.5, 0.6) is 0 Å².